The second-order valence-corrected chi connectivity index (χ2v) is 8.74. The number of hydrogen-bond acceptors (Lipinski definition) is 4. The molecular weight excluding hydrogens is 369 g/mol. The number of urea groups is 1. The zero-order valence-electron chi connectivity index (χ0n) is 14.9. The minimum atomic E-state index is -0.737. The normalized spacial score (nSPS) is 24.8. The fourth-order valence-corrected chi connectivity index (χ4v) is 5.29. The number of nitrogens with one attached hydrogen (secondary N) is 1. The first-order valence-electron chi connectivity index (χ1n) is 9.21. The number of carbonyl (C=O) groups excluding carboxylic acids is 3. The number of nitrogens with zero attached hydrogens (tertiary/aromatic N) is 2. The molecule has 8 heteroatoms. The van der Waals surface area contributed by atoms with Gasteiger partial charge >= 0.3 is 6.03 Å². The van der Waals surface area contributed by atoms with E-state index in [4.69, 9.17) is 0 Å². The molecule has 1 unspecified atom stereocenters. The van der Waals surface area contributed by atoms with E-state index in [0.29, 0.717) is 32.4 Å². The van der Waals surface area contributed by atoms with Gasteiger partial charge in [0.2, 0.25) is 5.91 Å². The van der Waals surface area contributed by atoms with Gasteiger partial charge in [0, 0.05) is 32.0 Å². The molecule has 1 atom stereocenters. The molecule has 1 aromatic carbocycles. The van der Waals surface area contributed by atoms with Crippen LogP contribution < -0.4 is 5.32 Å². The van der Waals surface area contributed by atoms with Crippen molar-refractivity contribution in [3.8, 4) is 0 Å². The number of hydrogen-bond donors (Lipinski definition) is 1. The van der Waals surface area contributed by atoms with E-state index in [1.165, 1.54) is 17.0 Å². The molecule has 0 aromatic heterocycles. The SMILES string of the molecule is O=C1CC(CN2C(=O)NC3(CCSCC3)C2=O)CN1Cc1ccc(F)cc1. The summed E-state index contributed by atoms with van der Waals surface area (Å²) in [5.41, 5.74) is 0.123. The molecule has 3 aliphatic rings. The standard InChI is InChI=1S/C19H22FN3O3S/c20-15-3-1-13(2-4-15)10-22-11-14(9-16(22)24)12-23-17(25)19(21-18(23)26)5-7-27-8-6-19/h1-4,14H,5-12H2,(H,21,26). The molecule has 0 saturated carbocycles. The molecule has 0 aliphatic carbocycles. The topological polar surface area (TPSA) is 69.7 Å². The fraction of sp³-hybridized carbons (Fsp3) is 0.526. The van der Waals surface area contributed by atoms with Gasteiger partial charge in [-0.1, -0.05) is 12.1 Å². The van der Waals surface area contributed by atoms with Crippen LogP contribution in [0.15, 0.2) is 24.3 Å². The predicted molar refractivity (Wildman–Crippen MR) is 99.5 cm³/mol. The summed E-state index contributed by atoms with van der Waals surface area (Å²) in [5, 5.41) is 2.90. The molecule has 1 spiro atoms. The number of benzene rings is 1. The zero-order valence-corrected chi connectivity index (χ0v) is 15.8. The fourth-order valence-electron chi connectivity index (χ4n) is 4.10. The van der Waals surface area contributed by atoms with Gasteiger partial charge in [0.15, 0.2) is 0 Å². The van der Waals surface area contributed by atoms with Gasteiger partial charge in [-0.25, -0.2) is 9.18 Å². The first kappa shape index (κ1) is 18.3. The van der Waals surface area contributed by atoms with Crippen molar-refractivity contribution in [1.29, 1.82) is 0 Å². The number of amides is 4. The highest BCUT2D eigenvalue weighted by Crippen LogP contribution is 2.33. The van der Waals surface area contributed by atoms with Gasteiger partial charge in [0.05, 0.1) is 0 Å². The van der Waals surface area contributed by atoms with E-state index in [1.807, 2.05) is 0 Å². The summed E-state index contributed by atoms with van der Waals surface area (Å²) in [6.07, 6.45) is 1.65. The van der Waals surface area contributed by atoms with Gasteiger partial charge < -0.3 is 10.2 Å². The van der Waals surface area contributed by atoms with Crippen LogP contribution in [0.2, 0.25) is 0 Å². The number of halogens is 1. The molecular formula is C19H22FN3O3S. The van der Waals surface area contributed by atoms with Crippen molar-refractivity contribution in [2.24, 2.45) is 5.92 Å². The summed E-state index contributed by atoms with van der Waals surface area (Å²) >= 11 is 1.80. The Morgan fingerprint density at radius 1 is 1.15 bits per heavy atom. The molecule has 3 saturated heterocycles. The Labute approximate surface area is 161 Å². The molecule has 4 amide bonds. The summed E-state index contributed by atoms with van der Waals surface area (Å²) in [6.45, 7) is 1.18. The molecule has 0 radical (unpaired) electrons. The highest BCUT2D eigenvalue weighted by atomic mass is 32.2. The maximum atomic E-state index is 13.0. The van der Waals surface area contributed by atoms with Crippen molar-refractivity contribution < 1.29 is 18.8 Å². The minimum absolute atomic E-state index is 0.000147. The van der Waals surface area contributed by atoms with Crippen molar-refractivity contribution in [2.45, 2.75) is 31.3 Å². The van der Waals surface area contributed by atoms with Crippen molar-refractivity contribution in [2.75, 3.05) is 24.6 Å². The average molecular weight is 391 g/mol. The van der Waals surface area contributed by atoms with Gasteiger partial charge in [-0.05, 0) is 42.0 Å². The Balaban J connectivity index is 1.38. The lowest BCUT2D eigenvalue weighted by atomic mass is 9.92. The predicted octanol–water partition coefficient (Wildman–Crippen LogP) is 1.99. The number of rotatable bonds is 4. The van der Waals surface area contributed by atoms with Crippen LogP contribution in [-0.2, 0) is 16.1 Å². The van der Waals surface area contributed by atoms with Crippen LogP contribution in [0.3, 0.4) is 0 Å². The Hall–Kier alpha value is -2.09. The molecule has 144 valence electrons. The molecule has 3 aliphatic heterocycles. The van der Waals surface area contributed by atoms with Crippen molar-refractivity contribution in [3.05, 3.63) is 35.6 Å². The number of imide groups is 1. The molecule has 1 aromatic rings. The second-order valence-electron chi connectivity index (χ2n) is 7.51. The van der Waals surface area contributed by atoms with Gasteiger partial charge in [-0.2, -0.15) is 11.8 Å². The molecule has 3 fully saturated rings. The summed E-state index contributed by atoms with van der Waals surface area (Å²) in [4.78, 5) is 40.6. The highest BCUT2D eigenvalue weighted by molar-refractivity contribution is 7.99. The number of thioether (sulfide) groups is 1. The van der Waals surface area contributed by atoms with Crippen LogP contribution in [0.1, 0.15) is 24.8 Å². The van der Waals surface area contributed by atoms with E-state index in [1.54, 1.807) is 28.8 Å². The average Bonchev–Trinajstić information content (AvgIpc) is 3.10. The van der Waals surface area contributed by atoms with Crippen LogP contribution >= 0.6 is 11.8 Å². The van der Waals surface area contributed by atoms with Gasteiger partial charge in [-0.15, -0.1) is 0 Å². The number of likely N-dealkylation sites (tertiary alicyclic amines) is 1. The molecule has 1 N–H and O–H groups in total. The lowest BCUT2D eigenvalue weighted by Crippen LogP contribution is -2.49. The third-order valence-corrected chi connectivity index (χ3v) is 6.60. The molecule has 4 rings (SSSR count). The Morgan fingerprint density at radius 3 is 2.56 bits per heavy atom. The first-order chi connectivity index (χ1) is 13.0. The third-order valence-electron chi connectivity index (χ3n) is 5.61. The number of carbonyl (C=O) groups is 3. The summed E-state index contributed by atoms with van der Waals surface area (Å²) in [5.74, 6) is 1.22. The van der Waals surface area contributed by atoms with Gasteiger partial charge in [0.1, 0.15) is 11.4 Å². The summed E-state index contributed by atoms with van der Waals surface area (Å²) < 4.78 is 13.0. The molecule has 27 heavy (non-hydrogen) atoms. The van der Waals surface area contributed by atoms with Gasteiger partial charge in [-0.3, -0.25) is 14.5 Å². The summed E-state index contributed by atoms with van der Waals surface area (Å²) in [7, 11) is 0. The van der Waals surface area contributed by atoms with E-state index >= 15 is 0 Å². The Bertz CT molecular complexity index is 764. The van der Waals surface area contributed by atoms with Crippen LogP contribution in [0.5, 0.6) is 0 Å². The maximum absolute atomic E-state index is 13.0. The van der Waals surface area contributed by atoms with Gasteiger partial charge in [0.25, 0.3) is 5.91 Å². The largest absolute Gasteiger partial charge is 0.338 e. The zero-order chi connectivity index (χ0) is 19.0. The van der Waals surface area contributed by atoms with Crippen molar-refractivity contribution in [3.63, 3.8) is 0 Å². The summed E-state index contributed by atoms with van der Waals surface area (Å²) in [6, 6.07) is 5.75. The monoisotopic (exact) mass is 391 g/mol. The lowest BCUT2D eigenvalue weighted by molar-refractivity contribution is -0.132. The smallest absolute Gasteiger partial charge is 0.325 e. The molecule has 3 heterocycles. The van der Waals surface area contributed by atoms with Crippen LogP contribution in [-0.4, -0.2) is 57.8 Å². The van der Waals surface area contributed by atoms with Crippen LogP contribution in [0, 0.1) is 11.7 Å². The second kappa shape index (κ2) is 7.14. The first-order valence-corrected chi connectivity index (χ1v) is 10.4. The van der Waals surface area contributed by atoms with E-state index < -0.39 is 5.54 Å². The maximum Gasteiger partial charge on any atom is 0.325 e. The van der Waals surface area contributed by atoms with E-state index in [9.17, 15) is 18.8 Å². The Morgan fingerprint density at radius 2 is 1.85 bits per heavy atom. The quantitative estimate of drug-likeness (QED) is 0.797. The van der Waals surface area contributed by atoms with E-state index in [-0.39, 0.29) is 36.1 Å². The third kappa shape index (κ3) is 3.54. The lowest BCUT2D eigenvalue weighted by Gasteiger charge is -2.30. The van der Waals surface area contributed by atoms with E-state index in [2.05, 4.69) is 5.32 Å². The van der Waals surface area contributed by atoms with Crippen molar-refractivity contribution >= 4 is 29.6 Å². The minimum Gasteiger partial charge on any atom is -0.338 e. The Kier molecular flexibility index (Phi) is 4.84. The highest BCUT2D eigenvalue weighted by Gasteiger charge is 2.52. The van der Waals surface area contributed by atoms with Crippen LogP contribution in [0.4, 0.5) is 9.18 Å². The molecule has 6 nitrogen and oxygen atoms in total. The van der Waals surface area contributed by atoms with Crippen LogP contribution in [0.25, 0.3) is 0 Å². The molecule has 0 bridgehead atoms. The van der Waals surface area contributed by atoms with E-state index in [0.717, 1.165) is 17.1 Å². The van der Waals surface area contributed by atoms with Crippen molar-refractivity contribution in [1.82, 2.24) is 15.1 Å².